The van der Waals surface area contributed by atoms with Crippen LogP contribution in [0.15, 0.2) is 42.6 Å². The molecule has 3 aromatic rings. The minimum Gasteiger partial charge on any atom is -0.486 e. The highest BCUT2D eigenvalue weighted by atomic mass is 32.1. The van der Waals surface area contributed by atoms with Gasteiger partial charge in [-0.3, -0.25) is 9.80 Å². The first-order valence-electron chi connectivity index (χ1n) is 11.0. The quantitative estimate of drug-likeness (QED) is 0.519. The van der Waals surface area contributed by atoms with E-state index in [1.165, 1.54) is 11.3 Å². The van der Waals surface area contributed by atoms with Crippen LogP contribution in [0, 0.1) is 6.92 Å². The van der Waals surface area contributed by atoms with Crippen molar-refractivity contribution in [3.05, 3.63) is 53.0 Å². The summed E-state index contributed by atoms with van der Waals surface area (Å²) in [6.45, 7) is 5.59. The Balaban J connectivity index is 1.37. The van der Waals surface area contributed by atoms with Crippen LogP contribution in [-0.4, -0.2) is 55.6 Å². The van der Waals surface area contributed by atoms with E-state index < -0.39 is 0 Å². The van der Waals surface area contributed by atoms with E-state index in [0.29, 0.717) is 44.5 Å². The van der Waals surface area contributed by atoms with Crippen molar-refractivity contribution in [2.75, 3.05) is 49.3 Å². The molecule has 0 saturated carbocycles. The Morgan fingerprint density at radius 2 is 1.94 bits per heavy atom. The predicted molar refractivity (Wildman–Crippen MR) is 129 cm³/mol. The van der Waals surface area contributed by atoms with E-state index >= 15 is 0 Å². The number of aromatic nitrogens is 1. The van der Waals surface area contributed by atoms with Gasteiger partial charge in [0.25, 0.3) is 0 Å². The third kappa shape index (κ3) is 4.27. The van der Waals surface area contributed by atoms with Gasteiger partial charge in [-0.25, -0.2) is 9.78 Å². The maximum Gasteiger partial charge on any atom is 0.330 e. The van der Waals surface area contributed by atoms with Gasteiger partial charge in [0.15, 0.2) is 16.6 Å². The number of amides is 2. The summed E-state index contributed by atoms with van der Waals surface area (Å²) in [6, 6.07) is 11.9. The molecule has 1 fully saturated rings. The zero-order valence-corrected chi connectivity index (χ0v) is 19.2. The molecule has 2 amide bonds. The SMILES string of the molecule is Cc1c(-c2ccc3c(c2)OCCO3)cccc1N1CCN(c2ncc(CNCCO)s2)C1=O. The van der Waals surface area contributed by atoms with E-state index in [1.54, 1.807) is 11.1 Å². The van der Waals surface area contributed by atoms with Gasteiger partial charge in [-0.15, -0.1) is 11.3 Å². The fraction of sp³-hybridized carbons (Fsp3) is 0.333. The first-order valence-corrected chi connectivity index (χ1v) is 11.8. The van der Waals surface area contributed by atoms with E-state index in [-0.39, 0.29) is 12.6 Å². The Hall–Kier alpha value is -3.14. The number of benzene rings is 2. The Kier molecular flexibility index (Phi) is 6.17. The van der Waals surface area contributed by atoms with Crippen LogP contribution in [0.25, 0.3) is 11.1 Å². The molecule has 0 radical (unpaired) electrons. The minimum atomic E-state index is -0.0679. The molecule has 172 valence electrons. The monoisotopic (exact) mass is 466 g/mol. The topological polar surface area (TPSA) is 87.2 Å². The van der Waals surface area contributed by atoms with Gasteiger partial charge in [0.05, 0.1) is 6.61 Å². The highest BCUT2D eigenvalue weighted by Crippen LogP contribution is 2.38. The number of nitrogens with zero attached hydrogens (tertiary/aromatic N) is 3. The molecule has 2 aliphatic heterocycles. The van der Waals surface area contributed by atoms with Crippen LogP contribution in [0.4, 0.5) is 15.6 Å². The number of hydrogen-bond acceptors (Lipinski definition) is 7. The van der Waals surface area contributed by atoms with Crippen molar-refractivity contribution in [1.29, 1.82) is 0 Å². The van der Waals surface area contributed by atoms with Crippen molar-refractivity contribution in [3.63, 3.8) is 0 Å². The second-order valence-electron chi connectivity index (χ2n) is 7.90. The number of aliphatic hydroxyl groups excluding tert-OH is 1. The number of anilines is 2. The molecule has 0 spiro atoms. The lowest BCUT2D eigenvalue weighted by Crippen LogP contribution is -2.32. The van der Waals surface area contributed by atoms with E-state index in [4.69, 9.17) is 14.6 Å². The lowest BCUT2D eigenvalue weighted by molar-refractivity contribution is 0.171. The molecule has 33 heavy (non-hydrogen) atoms. The van der Waals surface area contributed by atoms with E-state index in [2.05, 4.69) is 16.4 Å². The summed E-state index contributed by atoms with van der Waals surface area (Å²) in [5, 5.41) is 12.8. The Morgan fingerprint density at radius 1 is 1.12 bits per heavy atom. The van der Waals surface area contributed by atoms with Crippen molar-refractivity contribution in [2.24, 2.45) is 0 Å². The van der Waals surface area contributed by atoms with Crippen molar-refractivity contribution in [3.8, 4) is 22.6 Å². The number of thiazole rings is 1. The number of aliphatic hydroxyl groups is 1. The smallest absolute Gasteiger partial charge is 0.330 e. The molecular weight excluding hydrogens is 440 g/mol. The Morgan fingerprint density at radius 3 is 2.79 bits per heavy atom. The molecule has 2 aliphatic rings. The minimum absolute atomic E-state index is 0.0679. The third-order valence-corrected chi connectivity index (χ3v) is 6.84. The van der Waals surface area contributed by atoms with Gasteiger partial charge in [-0.1, -0.05) is 18.2 Å². The Bertz CT molecular complexity index is 1170. The van der Waals surface area contributed by atoms with Crippen LogP contribution in [0.2, 0.25) is 0 Å². The lowest BCUT2D eigenvalue weighted by Gasteiger charge is -2.22. The number of rotatable bonds is 7. The molecule has 0 bridgehead atoms. The summed E-state index contributed by atoms with van der Waals surface area (Å²) in [5.74, 6) is 1.51. The summed E-state index contributed by atoms with van der Waals surface area (Å²) >= 11 is 1.50. The van der Waals surface area contributed by atoms with Crippen molar-refractivity contribution >= 4 is 28.2 Å². The molecule has 8 nitrogen and oxygen atoms in total. The summed E-state index contributed by atoms with van der Waals surface area (Å²) in [6.07, 6.45) is 1.79. The molecule has 0 aliphatic carbocycles. The largest absolute Gasteiger partial charge is 0.486 e. The molecule has 2 N–H and O–H groups in total. The summed E-state index contributed by atoms with van der Waals surface area (Å²) in [7, 11) is 0. The van der Waals surface area contributed by atoms with Gasteiger partial charge in [-0.2, -0.15) is 0 Å². The second kappa shape index (κ2) is 9.38. The van der Waals surface area contributed by atoms with E-state index in [1.807, 2.05) is 42.2 Å². The molecule has 0 unspecified atom stereocenters. The van der Waals surface area contributed by atoms with Crippen molar-refractivity contribution in [2.45, 2.75) is 13.5 Å². The van der Waals surface area contributed by atoms with Crippen molar-refractivity contribution < 1.29 is 19.4 Å². The Labute approximate surface area is 196 Å². The molecule has 9 heteroatoms. The van der Waals surface area contributed by atoms with Gasteiger partial charge in [0, 0.05) is 42.9 Å². The number of carbonyl (C=O) groups is 1. The zero-order chi connectivity index (χ0) is 22.8. The van der Waals surface area contributed by atoms with Crippen LogP contribution < -0.4 is 24.6 Å². The van der Waals surface area contributed by atoms with E-state index in [0.717, 1.165) is 38.8 Å². The first-order chi connectivity index (χ1) is 16.2. The average molecular weight is 467 g/mol. The van der Waals surface area contributed by atoms with Gasteiger partial charge >= 0.3 is 6.03 Å². The van der Waals surface area contributed by atoms with Crippen LogP contribution >= 0.6 is 11.3 Å². The lowest BCUT2D eigenvalue weighted by atomic mass is 9.98. The van der Waals surface area contributed by atoms with Crippen LogP contribution in [0.5, 0.6) is 11.5 Å². The highest BCUT2D eigenvalue weighted by molar-refractivity contribution is 7.15. The van der Waals surface area contributed by atoms with Crippen LogP contribution in [0.1, 0.15) is 10.4 Å². The molecule has 5 rings (SSSR count). The number of ether oxygens (including phenoxy) is 2. The first kappa shape index (κ1) is 21.7. The van der Waals surface area contributed by atoms with Crippen molar-refractivity contribution in [1.82, 2.24) is 10.3 Å². The zero-order valence-electron chi connectivity index (χ0n) is 18.4. The molecule has 2 aromatic carbocycles. The molecule has 1 saturated heterocycles. The summed E-state index contributed by atoms with van der Waals surface area (Å²) in [5.41, 5.74) is 4.03. The maximum absolute atomic E-state index is 13.3. The number of nitrogens with one attached hydrogen (secondary N) is 1. The van der Waals surface area contributed by atoms with Crippen LogP contribution in [-0.2, 0) is 6.54 Å². The summed E-state index contributed by atoms with van der Waals surface area (Å²) in [4.78, 5) is 22.3. The molecular formula is C24H26N4O4S. The molecule has 3 heterocycles. The number of carbonyl (C=O) groups excluding carboxylic acids is 1. The van der Waals surface area contributed by atoms with Crippen LogP contribution in [0.3, 0.4) is 0 Å². The fourth-order valence-corrected chi connectivity index (χ4v) is 5.07. The normalized spacial score (nSPS) is 15.4. The van der Waals surface area contributed by atoms with Gasteiger partial charge in [0.2, 0.25) is 0 Å². The average Bonchev–Trinajstić information content (AvgIpc) is 3.45. The van der Waals surface area contributed by atoms with Gasteiger partial charge in [0.1, 0.15) is 13.2 Å². The standard InChI is InChI=1S/C24H26N4O4S/c1-16-19(17-5-6-21-22(13-17)32-12-11-31-21)3-2-4-20(16)27-8-9-28(24(27)30)23-26-15-18(33-23)14-25-7-10-29/h2-6,13,15,25,29H,7-12,14H2,1H3. The fourth-order valence-electron chi connectivity index (χ4n) is 4.17. The number of fused-ring (bicyclic) bond motifs is 1. The molecule has 0 atom stereocenters. The van der Waals surface area contributed by atoms with E-state index in [9.17, 15) is 4.79 Å². The number of urea groups is 1. The summed E-state index contributed by atoms with van der Waals surface area (Å²) < 4.78 is 11.4. The predicted octanol–water partition coefficient (Wildman–Crippen LogP) is 3.42. The van der Waals surface area contributed by atoms with Gasteiger partial charge in [-0.05, 0) is 41.8 Å². The molecule has 1 aromatic heterocycles. The third-order valence-electron chi connectivity index (χ3n) is 5.82. The van der Waals surface area contributed by atoms with Gasteiger partial charge < -0.3 is 19.9 Å². The second-order valence-corrected chi connectivity index (χ2v) is 9.00. The maximum atomic E-state index is 13.3. The highest BCUT2D eigenvalue weighted by Gasteiger charge is 2.33. The number of hydrogen-bond donors (Lipinski definition) is 2.